The fraction of sp³-hybridized carbons (Fsp3) is 0.857. The lowest BCUT2D eigenvalue weighted by Crippen LogP contribution is -2.59. The van der Waals surface area contributed by atoms with Crippen molar-refractivity contribution in [2.75, 3.05) is 19.6 Å². The predicted molar refractivity (Wildman–Crippen MR) is 75.5 cm³/mol. The molecule has 1 fully saturated rings. The van der Waals surface area contributed by atoms with Gasteiger partial charge < -0.3 is 16.0 Å². The number of hydrogen-bond acceptors (Lipinski definition) is 3. The molecule has 110 valence electrons. The standard InChI is InChI=1S/C14H27N3O2/c1-11(2)13-14(19)16-9-10-17(13)12(18)7-5-3-4-6-8-15/h11,13H,3-10,15H2,1-2H3,(H,16,19). The van der Waals surface area contributed by atoms with Gasteiger partial charge in [0.25, 0.3) is 0 Å². The Bertz CT molecular complexity index is 305. The topological polar surface area (TPSA) is 75.4 Å². The molecule has 0 aromatic carbocycles. The average molecular weight is 269 g/mol. The van der Waals surface area contributed by atoms with Crippen LogP contribution in [0.15, 0.2) is 0 Å². The van der Waals surface area contributed by atoms with Crippen LogP contribution in [0.3, 0.4) is 0 Å². The van der Waals surface area contributed by atoms with Gasteiger partial charge in [-0.1, -0.05) is 26.7 Å². The molecule has 0 saturated carbocycles. The summed E-state index contributed by atoms with van der Waals surface area (Å²) in [6.07, 6.45) is 4.57. The van der Waals surface area contributed by atoms with Crippen LogP contribution in [-0.4, -0.2) is 42.4 Å². The second-order valence-electron chi connectivity index (χ2n) is 5.52. The minimum absolute atomic E-state index is 0.0160. The number of amides is 2. The highest BCUT2D eigenvalue weighted by atomic mass is 16.2. The average Bonchev–Trinajstić information content (AvgIpc) is 2.37. The molecule has 19 heavy (non-hydrogen) atoms. The first-order valence-electron chi connectivity index (χ1n) is 7.35. The molecular weight excluding hydrogens is 242 g/mol. The van der Waals surface area contributed by atoms with Crippen molar-refractivity contribution in [2.24, 2.45) is 11.7 Å². The number of carbonyl (C=O) groups excluding carboxylic acids is 2. The second kappa shape index (κ2) is 8.15. The molecule has 1 saturated heterocycles. The van der Waals surface area contributed by atoms with Crippen LogP contribution in [0.4, 0.5) is 0 Å². The largest absolute Gasteiger partial charge is 0.353 e. The van der Waals surface area contributed by atoms with E-state index in [0.717, 1.165) is 32.2 Å². The molecule has 0 bridgehead atoms. The highest BCUT2D eigenvalue weighted by Gasteiger charge is 2.34. The van der Waals surface area contributed by atoms with Gasteiger partial charge in [0.15, 0.2) is 0 Å². The van der Waals surface area contributed by atoms with Crippen LogP contribution in [0.25, 0.3) is 0 Å². The number of nitrogens with two attached hydrogens (primary N) is 1. The molecule has 3 N–H and O–H groups in total. The molecule has 0 spiro atoms. The quantitative estimate of drug-likeness (QED) is 0.674. The lowest BCUT2D eigenvalue weighted by Gasteiger charge is -2.37. The summed E-state index contributed by atoms with van der Waals surface area (Å²) >= 11 is 0. The molecule has 2 amide bonds. The van der Waals surface area contributed by atoms with Crippen LogP contribution < -0.4 is 11.1 Å². The Balaban J connectivity index is 2.42. The maximum atomic E-state index is 12.2. The van der Waals surface area contributed by atoms with Gasteiger partial charge in [-0.25, -0.2) is 0 Å². The van der Waals surface area contributed by atoms with E-state index in [0.29, 0.717) is 19.5 Å². The van der Waals surface area contributed by atoms with Crippen molar-refractivity contribution in [1.29, 1.82) is 0 Å². The van der Waals surface area contributed by atoms with Gasteiger partial charge in [0.1, 0.15) is 6.04 Å². The Labute approximate surface area is 115 Å². The molecular formula is C14H27N3O2. The van der Waals surface area contributed by atoms with Crippen LogP contribution in [0.1, 0.15) is 46.0 Å². The van der Waals surface area contributed by atoms with Crippen molar-refractivity contribution in [3.05, 3.63) is 0 Å². The Hall–Kier alpha value is -1.10. The number of nitrogens with zero attached hydrogens (tertiary/aromatic N) is 1. The molecule has 1 unspecified atom stereocenters. The highest BCUT2D eigenvalue weighted by molar-refractivity contribution is 5.89. The number of unbranched alkanes of at least 4 members (excludes halogenated alkanes) is 3. The van der Waals surface area contributed by atoms with E-state index in [2.05, 4.69) is 5.32 Å². The first-order valence-corrected chi connectivity index (χ1v) is 7.35. The minimum Gasteiger partial charge on any atom is -0.353 e. The minimum atomic E-state index is -0.301. The summed E-state index contributed by atoms with van der Waals surface area (Å²) in [6.45, 7) is 5.89. The van der Waals surface area contributed by atoms with Gasteiger partial charge in [-0.05, 0) is 25.3 Å². The van der Waals surface area contributed by atoms with Crippen LogP contribution in [-0.2, 0) is 9.59 Å². The normalized spacial score (nSPS) is 19.7. The summed E-state index contributed by atoms with van der Waals surface area (Å²) in [5.74, 6) is 0.250. The molecule has 5 nitrogen and oxygen atoms in total. The van der Waals surface area contributed by atoms with E-state index in [1.165, 1.54) is 0 Å². The van der Waals surface area contributed by atoms with Crippen molar-refractivity contribution in [1.82, 2.24) is 10.2 Å². The summed E-state index contributed by atoms with van der Waals surface area (Å²) < 4.78 is 0. The zero-order chi connectivity index (χ0) is 14.3. The molecule has 1 heterocycles. The van der Waals surface area contributed by atoms with Crippen molar-refractivity contribution in [2.45, 2.75) is 52.0 Å². The van der Waals surface area contributed by atoms with E-state index in [1.807, 2.05) is 13.8 Å². The summed E-state index contributed by atoms with van der Waals surface area (Å²) in [5.41, 5.74) is 5.43. The van der Waals surface area contributed by atoms with Gasteiger partial charge in [0.05, 0.1) is 0 Å². The molecule has 1 aliphatic heterocycles. The van der Waals surface area contributed by atoms with E-state index in [-0.39, 0.29) is 23.8 Å². The van der Waals surface area contributed by atoms with Crippen molar-refractivity contribution >= 4 is 11.8 Å². The Morgan fingerprint density at radius 1 is 1.37 bits per heavy atom. The molecule has 0 aliphatic carbocycles. The van der Waals surface area contributed by atoms with E-state index in [4.69, 9.17) is 5.73 Å². The van der Waals surface area contributed by atoms with Crippen molar-refractivity contribution < 1.29 is 9.59 Å². The van der Waals surface area contributed by atoms with Crippen LogP contribution >= 0.6 is 0 Å². The lowest BCUT2D eigenvalue weighted by molar-refractivity contribution is -0.145. The summed E-state index contributed by atoms with van der Waals surface area (Å²) in [6, 6.07) is -0.301. The monoisotopic (exact) mass is 269 g/mol. The number of piperazine rings is 1. The molecule has 1 rings (SSSR count). The maximum absolute atomic E-state index is 12.2. The summed E-state index contributed by atoms with van der Waals surface area (Å²) in [5, 5.41) is 2.84. The van der Waals surface area contributed by atoms with Crippen LogP contribution in [0.2, 0.25) is 0 Å². The first kappa shape index (κ1) is 16.0. The predicted octanol–water partition coefficient (Wildman–Crippen LogP) is 0.879. The van der Waals surface area contributed by atoms with Crippen LogP contribution in [0.5, 0.6) is 0 Å². The van der Waals surface area contributed by atoms with E-state index >= 15 is 0 Å². The van der Waals surface area contributed by atoms with E-state index in [1.54, 1.807) is 4.90 Å². The first-order chi connectivity index (χ1) is 9.07. The number of rotatable bonds is 7. The van der Waals surface area contributed by atoms with Gasteiger partial charge in [-0.15, -0.1) is 0 Å². The zero-order valence-electron chi connectivity index (χ0n) is 12.2. The zero-order valence-corrected chi connectivity index (χ0v) is 12.2. The van der Waals surface area contributed by atoms with Gasteiger partial charge in [-0.3, -0.25) is 9.59 Å². The third-order valence-electron chi connectivity index (χ3n) is 3.55. The van der Waals surface area contributed by atoms with Crippen molar-refractivity contribution in [3.63, 3.8) is 0 Å². The van der Waals surface area contributed by atoms with Gasteiger partial charge in [-0.2, -0.15) is 0 Å². The third kappa shape index (κ3) is 4.82. The number of carbonyl (C=O) groups is 2. The lowest BCUT2D eigenvalue weighted by atomic mass is 9.99. The molecule has 1 atom stereocenters. The summed E-state index contributed by atoms with van der Waals surface area (Å²) in [4.78, 5) is 25.8. The molecule has 0 radical (unpaired) electrons. The second-order valence-corrected chi connectivity index (χ2v) is 5.52. The maximum Gasteiger partial charge on any atom is 0.243 e. The summed E-state index contributed by atoms with van der Waals surface area (Å²) in [7, 11) is 0. The Morgan fingerprint density at radius 2 is 2.05 bits per heavy atom. The van der Waals surface area contributed by atoms with Crippen molar-refractivity contribution in [3.8, 4) is 0 Å². The molecule has 0 aromatic rings. The van der Waals surface area contributed by atoms with E-state index < -0.39 is 0 Å². The molecule has 0 aromatic heterocycles. The van der Waals surface area contributed by atoms with Gasteiger partial charge in [0, 0.05) is 19.5 Å². The Kier molecular flexibility index (Phi) is 6.84. The van der Waals surface area contributed by atoms with E-state index in [9.17, 15) is 9.59 Å². The van der Waals surface area contributed by atoms with Gasteiger partial charge >= 0.3 is 0 Å². The van der Waals surface area contributed by atoms with Crippen LogP contribution in [0, 0.1) is 5.92 Å². The highest BCUT2D eigenvalue weighted by Crippen LogP contribution is 2.16. The Morgan fingerprint density at radius 3 is 2.68 bits per heavy atom. The molecule has 5 heteroatoms. The molecule has 1 aliphatic rings. The SMILES string of the molecule is CC(C)C1C(=O)NCCN1C(=O)CCCCCCN. The fourth-order valence-corrected chi connectivity index (χ4v) is 2.54. The number of nitrogens with one attached hydrogen (secondary N) is 1. The van der Waals surface area contributed by atoms with Gasteiger partial charge in [0.2, 0.25) is 11.8 Å². The number of hydrogen-bond donors (Lipinski definition) is 2. The smallest absolute Gasteiger partial charge is 0.243 e. The third-order valence-corrected chi connectivity index (χ3v) is 3.55. The fourth-order valence-electron chi connectivity index (χ4n) is 2.54.